The maximum atomic E-state index is 12.6. The van der Waals surface area contributed by atoms with Crippen LogP contribution in [-0.2, 0) is 15.8 Å². The molecular formula is C22H16F3N3O5S. The molecule has 2 aromatic carbocycles. The fourth-order valence-corrected chi connectivity index (χ4v) is 3.14. The number of nitrogens with zero attached hydrogens (tertiary/aromatic N) is 1. The first-order chi connectivity index (χ1) is 16.2. The summed E-state index contributed by atoms with van der Waals surface area (Å²) in [5.74, 6) is -2.38. The van der Waals surface area contributed by atoms with Crippen LogP contribution in [0.4, 0.5) is 18.9 Å². The summed E-state index contributed by atoms with van der Waals surface area (Å²) in [4.78, 5) is 36.3. The van der Waals surface area contributed by atoms with Crippen LogP contribution in [0.5, 0.6) is 11.5 Å². The average Bonchev–Trinajstić information content (AvgIpc) is 3.35. The van der Waals surface area contributed by atoms with Crippen LogP contribution in [0.3, 0.4) is 0 Å². The van der Waals surface area contributed by atoms with E-state index in [9.17, 15) is 27.6 Å². The molecule has 0 aliphatic rings. The van der Waals surface area contributed by atoms with Gasteiger partial charge in [-0.1, -0.05) is 6.07 Å². The highest BCUT2D eigenvalue weighted by molar-refractivity contribution is 7.12. The molecule has 0 aliphatic heterocycles. The van der Waals surface area contributed by atoms with Gasteiger partial charge in [0.2, 0.25) is 0 Å². The number of methoxy groups -OCH3 is 1. The quantitative estimate of drug-likeness (QED) is 0.178. The predicted octanol–water partition coefficient (Wildman–Crippen LogP) is 4.08. The lowest BCUT2D eigenvalue weighted by atomic mass is 10.2. The van der Waals surface area contributed by atoms with Gasteiger partial charge in [0.1, 0.15) is 4.88 Å². The number of nitrogens with one attached hydrogen (secondary N) is 2. The molecule has 0 fully saturated rings. The molecule has 12 heteroatoms. The van der Waals surface area contributed by atoms with E-state index in [0.29, 0.717) is 10.4 Å². The third-order valence-corrected chi connectivity index (χ3v) is 5.02. The number of anilines is 1. The van der Waals surface area contributed by atoms with Crippen molar-refractivity contribution in [2.45, 2.75) is 6.18 Å². The van der Waals surface area contributed by atoms with Gasteiger partial charge in [-0.3, -0.25) is 9.59 Å². The number of halogens is 3. The number of rotatable bonds is 6. The Hall–Kier alpha value is -4.19. The zero-order valence-electron chi connectivity index (χ0n) is 17.4. The van der Waals surface area contributed by atoms with E-state index in [1.807, 2.05) is 5.43 Å². The zero-order valence-corrected chi connectivity index (χ0v) is 18.2. The molecule has 0 spiro atoms. The summed E-state index contributed by atoms with van der Waals surface area (Å²) in [6.45, 7) is 0. The number of carbonyl (C=O) groups is 3. The second-order valence-corrected chi connectivity index (χ2v) is 7.45. The second kappa shape index (κ2) is 10.6. The molecule has 8 nitrogen and oxygen atoms in total. The van der Waals surface area contributed by atoms with Crippen LogP contribution in [0.1, 0.15) is 20.8 Å². The van der Waals surface area contributed by atoms with Gasteiger partial charge in [0.05, 0.1) is 18.9 Å². The van der Waals surface area contributed by atoms with Crippen molar-refractivity contribution in [3.8, 4) is 11.5 Å². The fourth-order valence-electron chi connectivity index (χ4n) is 2.54. The standard InChI is InChI=1S/C22H16F3N3O5S/c1-32-17-11-13(4-9-16(17)33-21(31)18-3-2-10-34-18)12-26-28-20(30)19(29)27-15-7-5-14(6-8-15)22(23,24)25/h2-12H,1H3,(H,27,29)(H,28,30)/b26-12+. The maximum absolute atomic E-state index is 12.6. The van der Waals surface area contributed by atoms with Gasteiger partial charge in [-0.05, 0) is 59.5 Å². The Kier molecular flexibility index (Phi) is 7.64. The third-order valence-electron chi connectivity index (χ3n) is 4.17. The number of ether oxygens (including phenoxy) is 2. The normalized spacial score (nSPS) is 11.2. The molecule has 0 saturated carbocycles. The first kappa shape index (κ1) is 24.5. The maximum Gasteiger partial charge on any atom is 0.416 e. The van der Waals surface area contributed by atoms with Gasteiger partial charge >= 0.3 is 24.0 Å². The number of alkyl halides is 3. The summed E-state index contributed by atoms with van der Waals surface area (Å²) in [6.07, 6.45) is -3.29. The van der Waals surface area contributed by atoms with Crippen molar-refractivity contribution in [2.24, 2.45) is 5.10 Å². The highest BCUT2D eigenvalue weighted by Gasteiger charge is 2.30. The minimum absolute atomic E-state index is 0.00884. The third kappa shape index (κ3) is 6.42. The lowest BCUT2D eigenvalue weighted by molar-refractivity contribution is -0.137. The Labute approximate surface area is 195 Å². The average molecular weight is 491 g/mol. The summed E-state index contributed by atoms with van der Waals surface area (Å²) < 4.78 is 48.2. The molecule has 0 bridgehead atoms. The smallest absolute Gasteiger partial charge is 0.416 e. The van der Waals surface area contributed by atoms with Crippen LogP contribution in [0.2, 0.25) is 0 Å². The first-order valence-electron chi connectivity index (χ1n) is 9.42. The molecule has 34 heavy (non-hydrogen) atoms. The summed E-state index contributed by atoms with van der Waals surface area (Å²) in [5, 5.41) is 7.57. The van der Waals surface area contributed by atoms with E-state index in [1.54, 1.807) is 17.5 Å². The van der Waals surface area contributed by atoms with Crippen LogP contribution in [-0.4, -0.2) is 31.1 Å². The highest BCUT2D eigenvalue weighted by Crippen LogP contribution is 2.30. The second-order valence-electron chi connectivity index (χ2n) is 6.51. The summed E-state index contributed by atoms with van der Waals surface area (Å²) >= 11 is 1.23. The van der Waals surface area contributed by atoms with Gasteiger partial charge in [-0.15, -0.1) is 11.3 Å². The van der Waals surface area contributed by atoms with E-state index in [-0.39, 0.29) is 17.2 Å². The van der Waals surface area contributed by atoms with Crippen LogP contribution in [0, 0.1) is 0 Å². The molecule has 0 atom stereocenters. The topological polar surface area (TPSA) is 106 Å². The van der Waals surface area contributed by atoms with Crippen LogP contribution < -0.4 is 20.2 Å². The summed E-state index contributed by atoms with van der Waals surface area (Å²) in [5.41, 5.74) is 1.58. The number of hydrazone groups is 1. The monoisotopic (exact) mass is 491 g/mol. The molecular weight excluding hydrogens is 475 g/mol. The molecule has 0 radical (unpaired) electrons. The van der Waals surface area contributed by atoms with E-state index in [0.717, 1.165) is 24.3 Å². The highest BCUT2D eigenvalue weighted by atomic mass is 32.1. The van der Waals surface area contributed by atoms with E-state index in [2.05, 4.69) is 10.4 Å². The van der Waals surface area contributed by atoms with Crippen LogP contribution in [0.15, 0.2) is 65.1 Å². The molecule has 0 unspecified atom stereocenters. The van der Waals surface area contributed by atoms with Crippen molar-refractivity contribution < 1.29 is 37.0 Å². The van der Waals surface area contributed by atoms with Gasteiger partial charge in [-0.2, -0.15) is 18.3 Å². The van der Waals surface area contributed by atoms with Gasteiger partial charge in [0.25, 0.3) is 0 Å². The van der Waals surface area contributed by atoms with E-state index in [1.165, 1.54) is 42.9 Å². The Morgan fingerprint density at radius 1 is 1.00 bits per heavy atom. The lowest BCUT2D eigenvalue weighted by Gasteiger charge is -2.09. The zero-order chi connectivity index (χ0) is 24.7. The molecule has 0 aliphatic carbocycles. The minimum atomic E-state index is -4.51. The van der Waals surface area contributed by atoms with Crippen molar-refractivity contribution in [3.05, 3.63) is 76.0 Å². The Bertz CT molecular complexity index is 1210. The molecule has 1 heterocycles. The molecule has 0 saturated heterocycles. The molecule has 176 valence electrons. The van der Waals surface area contributed by atoms with Gasteiger partial charge in [0, 0.05) is 5.69 Å². The van der Waals surface area contributed by atoms with Gasteiger partial charge < -0.3 is 14.8 Å². The number of thiophene rings is 1. The van der Waals surface area contributed by atoms with E-state index in [4.69, 9.17) is 9.47 Å². The molecule has 3 aromatic rings. The van der Waals surface area contributed by atoms with E-state index >= 15 is 0 Å². The first-order valence-corrected chi connectivity index (χ1v) is 10.3. The number of hydrogen-bond donors (Lipinski definition) is 2. The summed E-state index contributed by atoms with van der Waals surface area (Å²) in [7, 11) is 1.38. The number of amides is 2. The van der Waals surface area contributed by atoms with Gasteiger partial charge in [-0.25, -0.2) is 10.2 Å². The van der Waals surface area contributed by atoms with Crippen LogP contribution in [0.25, 0.3) is 0 Å². The van der Waals surface area contributed by atoms with Gasteiger partial charge in [0.15, 0.2) is 11.5 Å². The Morgan fingerprint density at radius 3 is 2.35 bits per heavy atom. The Morgan fingerprint density at radius 2 is 1.74 bits per heavy atom. The lowest BCUT2D eigenvalue weighted by Crippen LogP contribution is -2.32. The molecule has 2 N–H and O–H groups in total. The Balaban J connectivity index is 1.57. The molecule has 3 rings (SSSR count). The number of benzene rings is 2. The van der Waals surface area contributed by atoms with Crippen molar-refractivity contribution in [2.75, 3.05) is 12.4 Å². The van der Waals surface area contributed by atoms with Crippen molar-refractivity contribution in [1.82, 2.24) is 5.43 Å². The fraction of sp³-hybridized carbons (Fsp3) is 0.0909. The minimum Gasteiger partial charge on any atom is -0.493 e. The number of esters is 1. The van der Waals surface area contributed by atoms with Crippen molar-refractivity contribution in [3.63, 3.8) is 0 Å². The predicted molar refractivity (Wildman–Crippen MR) is 118 cm³/mol. The number of carbonyl (C=O) groups excluding carboxylic acids is 3. The van der Waals surface area contributed by atoms with E-state index < -0.39 is 29.5 Å². The van der Waals surface area contributed by atoms with Crippen molar-refractivity contribution in [1.29, 1.82) is 0 Å². The molecule has 1 aromatic heterocycles. The largest absolute Gasteiger partial charge is 0.493 e. The summed E-state index contributed by atoms with van der Waals surface area (Å²) in [6, 6.07) is 11.5. The number of hydrogen-bond acceptors (Lipinski definition) is 7. The van der Waals surface area contributed by atoms with Crippen LogP contribution >= 0.6 is 11.3 Å². The van der Waals surface area contributed by atoms with Crippen molar-refractivity contribution >= 4 is 41.0 Å². The molecule has 2 amide bonds. The SMILES string of the molecule is COc1cc(/C=N/NC(=O)C(=O)Nc2ccc(C(F)(F)F)cc2)ccc1OC(=O)c1cccs1.